The molecule has 0 radical (unpaired) electrons. The summed E-state index contributed by atoms with van der Waals surface area (Å²) >= 11 is 0. The summed E-state index contributed by atoms with van der Waals surface area (Å²) < 4.78 is 10.5. The van der Waals surface area contributed by atoms with E-state index in [2.05, 4.69) is 0 Å². The van der Waals surface area contributed by atoms with Crippen LogP contribution in [0.15, 0.2) is 23.8 Å². The minimum absolute atomic E-state index is 0. The van der Waals surface area contributed by atoms with E-state index in [-0.39, 0.29) is 48.3 Å². The monoisotopic (exact) mass is 492 g/mol. The number of hydrogen-bond acceptors (Lipinski definition) is 8. The maximum atomic E-state index is 13.3. The van der Waals surface area contributed by atoms with Crippen LogP contribution in [0.5, 0.6) is 0 Å². The number of carbonyl (C=O) groups excluding carboxylic acids is 4. The van der Waals surface area contributed by atoms with Crippen LogP contribution < -0.4 is 0 Å². The molecule has 4 rings (SSSR count). The number of allylic oxidation sites excluding steroid dienone is 4. The first-order chi connectivity index (χ1) is 15.9. The fourth-order valence-electron chi connectivity index (χ4n) is 7.47. The third kappa shape index (κ3) is 3.97. The molecule has 0 amide bonds. The largest absolute Gasteiger partial charge is 0.459 e. The molecule has 0 saturated heterocycles. The van der Waals surface area contributed by atoms with E-state index in [9.17, 15) is 29.4 Å². The minimum Gasteiger partial charge on any atom is -0.459 e. The Kier molecular flexibility index (Phi) is 7.20. The lowest BCUT2D eigenvalue weighted by atomic mass is 9.46. The Hall–Kier alpha value is -2.36. The first-order valence-corrected chi connectivity index (χ1v) is 12.1. The van der Waals surface area contributed by atoms with Crippen LogP contribution in [0.3, 0.4) is 0 Å². The maximum Gasteiger partial charge on any atom is 0.305 e. The van der Waals surface area contributed by atoms with Crippen LogP contribution in [-0.4, -0.2) is 63.6 Å². The molecule has 4 aliphatic carbocycles. The van der Waals surface area contributed by atoms with Crippen LogP contribution in [0.2, 0.25) is 0 Å². The van der Waals surface area contributed by atoms with E-state index in [0.29, 0.717) is 12.8 Å². The molecule has 194 valence electrons. The Bertz CT molecular complexity index is 983. The molecule has 4 N–H and O–H groups in total. The van der Waals surface area contributed by atoms with E-state index in [1.807, 2.05) is 13.0 Å². The molecule has 0 aromatic heterocycles. The number of ketones is 2. The summed E-state index contributed by atoms with van der Waals surface area (Å²) in [7, 11) is 0. The van der Waals surface area contributed by atoms with Crippen molar-refractivity contribution in [3.8, 4) is 0 Å². The van der Waals surface area contributed by atoms with E-state index in [4.69, 9.17) is 9.47 Å². The summed E-state index contributed by atoms with van der Waals surface area (Å²) in [5.74, 6) is -2.45. The lowest BCUT2D eigenvalue weighted by Crippen LogP contribution is -2.64. The molecule has 0 aromatic carbocycles. The van der Waals surface area contributed by atoms with Gasteiger partial charge in [0.1, 0.15) is 6.10 Å². The third-order valence-corrected chi connectivity index (χ3v) is 9.08. The van der Waals surface area contributed by atoms with Gasteiger partial charge in [-0.3, -0.25) is 19.2 Å². The topological polar surface area (TPSA) is 159 Å². The molecular formula is C26H36O9. The third-order valence-electron chi connectivity index (χ3n) is 9.08. The Morgan fingerprint density at radius 3 is 2.54 bits per heavy atom. The summed E-state index contributed by atoms with van der Waals surface area (Å²) in [5.41, 5.74) is -2.69. The van der Waals surface area contributed by atoms with Gasteiger partial charge in [-0.1, -0.05) is 32.4 Å². The average molecular weight is 493 g/mol. The predicted molar refractivity (Wildman–Crippen MR) is 124 cm³/mol. The average Bonchev–Trinajstić information content (AvgIpc) is 2.99. The lowest BCUT2D eigenvalue weighted by Gasteiger charge is -2.59. The standard InChI is InChI=1S/C26H34O8.H2O/c1-5-22(31)34-21-11-18-17-7-6-15-10-16(28)8-9-24(15,3)23(17)19(29)12-25(18,4)26(21,32)20(30)13-33-14(2)27;/h8-10,17-19,21,23,29,32H,5-7,11-13H2,1-4H3;1H2/t17-,18-,19-,21+,23+,24-,25-,26+;/m0./s1. The summed E-state index contributed by atoms with van der Waals surface area (Å²) in [6, 6.07) is 0. The Labute approximate surface area is 204 Å². The van der Waals surface area contributed by atoms with E-state index in [1.54, 1.807) is 26.0 Å². The fourth-order valence-corrected chi connectivity index (χ4v) is 7.47. The van der Waals surface area contributed by atoms with Gasteiger partial charge in [0.05, 0.1) is 6.10 Å². The van der Waals surface area contributed by atoms with Crippen molar-refractivity contribution in [2.75, 3.05) is 6.61 Å². The molecule has 0 heterocycles. The van der Waals surface area contributed by atoms with Crippen LogP contribution >= 0.6 is 0 Å². The molecule has 4 aliphatic rings. The maximum absolute atomic E-state index is 13.3. The van der Waals surface area contributed by atoms with Crippen molar-refractivity contribution < 1.29 is 44.3 Å². The van der Waals surface area contributed by atoms with Crippen molar-refractivity contribution in [2.24, 2.45) is 28.6 Å². The summed E-state index contributed by atoms with van der Waals surface area (Å²) in [4.78, 5) is 48.9. The second-order valence-electron chi connectivity index (χ2n) is 10.7. The molecule has 9 nitrogen and oxygen atoms in total. The fraction of sp³-hybridized carbons (Fsp3) is 0.692. The van der Waals surface area contributed by atoms with Gasteiger partial charge in [-0.2, -0.15) is 0 Å². The zero-order chi connectivity index (χ0) is 25.1. The van der Waals surface area contributed by atoms with Crippen molar-refractivity contribution in [1.82, 2.24) is 0 Å². The van der Waals surface area contributed by atoms with E-state index >= 15 is 0 Å². The Morgan fingerprint density at radius 1 is 1.23 bits per heavy atom. The second kappa shape index (κ2) is 9.26. The zero-order valence-corrected chi connectivity index (χ0v) is 20.7. The Morgan fingerprint density at radius 2 is 1.91 bits per heavy atom. The van der Waals surface area contributed by atoms with Gasteiger partial charge in [0.25, 0.3) is 0 Å². The number of Topliss-reactive ketones (excluding diaryl/α,β-unsaturated/α-hetero) is 1. The normalized spacial score (nSPS) is 41.5. The molecule has 3 saturated carbocycles. The van der Waals surface area contributed by atoms with Crippen LogP contribution in [0.1, 0.15) is 59.8 Å². The van der Waals surface area contributed by atoms with Crippen LogP contribution in [-0.2, 0) is 28.7 Å². The smallest absolute Gasteiger partial charge is 0.305 e. The highest BCUT2D eigenvalue weighted by atomic mass is 16.6. The van der Waals surface area contributed by atoms with Crippen molar-refractivity contribution in [3.05, 3.63) is 23.8 Å². The molecular weight excluding hydrogens is 456 g/mol. The number of rotatable bonds is 5. The van der Waals surface area contributed by atoms with E-state index in [1.165, 1.54) is 6.92 Å². The quantitative estimate of drug-likeness (QED) is 0.542. The first kappa shape index (κ1) is 27.2. The second-order valence-corrected chi connectivity index (χ2v) is 10.7. The van der Waals surface area contributed by atoms with Crippen LogP contribution in [0.25, 0.3) is 0 Å². The van der Waals surface area contributed by atoms with Crippen molar-refractivity contribution in [3.63, 3.8) is 0 Å². The number of aliphatic hydroxyl groups is 2. The number of ether oxygens (including phenoxy) is 2. The number of hydrogen-bond donors (Lipinski definition) is 2. The van der Waals surface area contributed by atoms with Gasteiger partial charge >= 0.3 is 11.9 Å². The number of fused-ring (bicyclic) bond motifs is 5. The molecule has 0 spiro atoms. The predicted octanol–water partition coefficient (Wildman–Crippen LogP) is 1.24. The first-order valence-electron chi connectivity index (χ1n) is 12.1. The minimum atomic E-state index is -2.10. The molecule has 0 bridgehead atoms. The number of carbonyl (C=O) groups is 4. The summed E-state index contributed by atoms with van der Waals surface area (Å²) in [6.07, 6.45) is 4.98. The van der Waals surface area contributed by atoms with Crippen molar-refractivity contribution in [2.45, 2.75) is 77.6 Å². The highest BCUT2D eigenvalue weighted by molar-refractivity contribution is 6.01. The summed E-state index contributed by atoms with van der Waals surface area (Å²) in [5, 5.41) is 23.4. The van der Waals surface area contributed by atoms with E-state index < -0.39 is 53.0 Å². The summed E-state index contributed by atoms with van der Waals surface area (Å²) in [6.45, 7) is 5.99. The van der Waals surface area contributed by atoms with Gasteiger partial charge in [0, 0.05) is 30.1 Å². The van der Waals surface area contributed by atoms with Gasteiger partial charge in [-0.15, -0.1) is 0 Å². The van der Waals surface area contributed by atoms with Crippen LogP contribution in [0, 0.1) is 28.6 Å². The number of aliphatic hydroxyl groups excluding tert-OH is 1. The van der Waals surface area contributed by atoms with Gasteiger partial charge in [-0.25, -0.2) is 0 Å². The highest BCUT2D eigenvalue weighted by Gasteiger charge is 2.72. The molecule has 0 unspecified atom stereocenters. The van der Waals surface area contributed by atoms with Gasteiger partial charge in [-0.05, 0) is 49.7 Å². The SMILES string of the molecule is CCC(=O)O[C@@H]1C[C@H]2[C@@H]3CCC4=CC(=O)C=C[C@]4(C)[C@H]3[C@@H](O)C[C@]2(C)[C@@]1(O)C(=O)COC(C)=O.O. The zero-order valence-electron chi connectivity index (χ0n) is 20.7. The molecule has 9 heteroatoms. The Balaban J connectivity index is 0.00000342. The van der Waals surface area contributed by atoms with Gasteiger partial charge < -0.3 is 25.2 Å². The highest BCUT2D eigenvalue weighted by Crippen LogP contribution is 2.67. The van der Waals surface area contributed by atoms with Gasteiger partial charge in [0.2, 0.25) is 5.78 Å². The number of esters is 2. The van der Waals surface area contributed by atoms with Crippen LogP contribution in [0.4, 0.5) is 0 Å². The van der Waals surface area contributed by atoms with E-state index in [0.717, 1.165) is 5.57 Å². The molecule has 35 heavy (non-hydrogen) atoms. The van der Waals surface area contributed by atoms with Crippen molar-refractivity contribution >= 4 is 23.5 Å². The molecule has 3 fully saturated rings. The van der Waals surface area contributed by atoms with Gasteiger partial charge in [0.15, 0.2) is 18.0 Å². The molecule has 0 aliphatic heterocycles. The lowest BCUT2D eigenvalue weighted by molar-refractivity contribution is -0.198. The molecule has 0 aromatic rings. The molecule has 8 atom stereocenters. The van der Waals surface area contributed by atoms with Crippen molar-refractivity contribution in [1.29, 1.82) is 0 Å².